The summed E-state index contributed by atoms with van der Waals surface area (Å²) >= 11 is 0. The fourth-order valence-electron chi connectivity index (χ4n) is 3.99. The van der Waals surface area contributed by atoms with Gasteiger partial charge in [0, 0.05) is 62.3 Å². The van der Waals surface area contributed by atoms with Crippen LogP contribution >= 0.6 is 0 Å². The van der Waals surface area contributed by atoms with E-state index < -0.39 is 0 Å². The molecule has 0 saturated carbocycles. The predicted octanol–water partition coefficient (Wildman–Crippen LogP) is 1.58. The van der Waals surface area contributed by atoms with Crippen LogP contribution in [0.2, 0.25) is 0 Å². The lowest BCUT2D eigenvalue weighted by Gasteiger charge is -2.26. The molecule has 148 valence electrons. The Hall–Kier alpha value is -2.64. The van der Waals surface area contributed by atoms with E-state index in [2.05, 4.69) is 10.2 Å². The van der Waals surface area contributed by atoms with Crippen molar-refractivity contribution in [2.24, 2.45) is 7.05 Å². The second kappa shape index (κ2) is 7.77. The first-order valence-corrected chi connectivity index (χ1v) is 9.80. The fourth-order valence-corrected chi connectivity index (χ4v) is 3.99. The van der Waals surface area contributed by atoms with Gasteiger partial charge in [-0.25, -0.2) is 0 Å². The van der Waals surface area contributed by atoms with Crippen LogP contribution in [0.3, 0.4) is 0 Å². The Kier molecular flexibility index (Phi) is 5.19. The number of carbonyl (C=O) groups excluding carboxylic acids is 1. The average molecular weight is 382 g/mol. The van der Waals surface area contributed by atoms with Gasteiger partial charge in [-0.3, -0.25) is 14.5 Å². The van der Waals surface area contributed by atoms with Crippen LogP contribution in [-0.2, 0) is 18.3 Å². The normalized spacial score (nSPS) is 15.4. The summed E-state index contributed by atoms with van der Waals surface area (Å²) in [5.41, 5.74) is 2.01. The molecule has 1 saturated heterocycles. The smallest absolute Gasteiger partial charge is 0.275 e. The number of nitrogens with one attached hydrogen (secondary N) is 1. The second-order valence-corrected chi connectivity index (χ2v) is 7.14. The monoisotopic (exact) mass is 382 g/mol. The zero-order chi connectivity index (χ0) is 19.7. The molecule has 0 aliphatic carbocycles. The summed E-state index contributed by atoms with van der Waals surface area (Å²) in [5, 5.41) is 4.70. The summed E-state index contributed by atoms with van der Waals surface area (Å²) < 4.78 is 8.86. The number of amides is 1. The Balaban J connectivity index is 1.71. The lowest BCUT2D eigenvalue weighted by Crippen LogP contribution is -2.41. The number of aryl methyl sites for hydroxylation is 2. The van der Waals surface area contributed by atoms with Crippen LogP contribution < -0.4 is 10.9 Å². The summed E-state index contributed by atoms with van der Waals surface area (Å²) in [6.07, 6.45) is 1.70. The molecule has 0 radical (unpaired) electrons. The van der Waals surface area contributed by atoms with Gasteiger partial charge >= 0.3 is 0 Å². The minimum absolute atomic E-state index is 0.0685. The number of hydrogen-bond acceptors (Lipinski definition) is 4. The van der Waals surface area contributed by atoms with Crippen LogP contribution in [-0.4, -0.2) is 59.3 Å². The molecule has 7 nitrogen and oxygen atoms in total. The third kappa shape index (κ3) is 3.21. The predicted molar refractivity (Wildman–Crippen MR) is 110 cm³/mol. The highest BCUT2D eigenvalue weighted by Crippen LogP contribution is 2.28. The van der Waals surface area contributed by atoms with E-state index in [-0.39, 0.29) is 11.5 Å². The van der Waals surface area contributed by atoms with Crippen LogP contribution in [0.4, 0.5) is 0 Å². The largest absolute Gasteiger partial charge is 0.379 e. The van der Waals surface area contributed by atoms with Crippen molar-refractivity contribution in [1.82, 2.24) is 19.4 Å². The fraction of sp³-hybridized carbons (Fsp3) is 0.429. The molecule has 3 heterocycles. The van der Waals surface area contributed by atoms with Crippen LogP contribution in [0.25, 0.3) is 21.8 Å². The Bertz CT molecular complexity index is 1080. The van der Waals surface area contributed by atoms with Crippen LogP contribution in [0.5, 0.6) is 0 Å². The minimum atomic E-state index is -0.142. The number of carbonyl (C=O) groups is 1. The molecular weight excluding hydrogens is 356 g/mol. The van der Waals surface area contributed by atoms with Gasteiger partial charge in [0.15, 0.2) is 0 Å². The molecule has 1 amide bonds. The van der Waals surface area contributed by atoms with Gasteiger partial charge in [-0.1, -0.05) is 18.2 Å². The molecule has 1 aliphatic rings. The van der Waals surface area contributed by atoms with Crippen molar-refractivity contribution in [3.8, 4) is 0 Å². The van der Waals surface area contributed by atoms with Crippen molar-refractivity contribution in [1.29, 1.82) is 0 Å². The number of ether oxygens (including phenoxy) is 1. The van der Waals surface area contributed by atoms with Crippen LogP contribution in [0.1, 0.15) is 17.3 Å². The quantitative estimate of drug-likeness (QED) is 0.727. The highest BCUT2D eigenvalue weighted by Gasteiger charge is 2.21. The second-order valence-electron chi connectivity index (χ2n) is 7.14. The van der Waals surface area contributed by atoms with Crippen LogP contribution in [0, 0.1) is 0 Å². The van der Waals surface area contributed by atoms with E-state index >= 15 is 0 Å². The molecule has 28 heavy (non-hydrogen) atoms. The number of aromatic nitrogens is 2. The lowest BCUT2D eigenvalue weighted by molar-refractivity contribution is 0.0383. The van der Waals surface area contributed by atoms with Crippen molar-refractivity contribution < 1.29 is 9.53 Å². The Morgan fingerprint density at radius 3 is 2.71 bits per heavy atom. The molecule has 3 aromatic rings. The van der Waals surface area contributed by atoms with E-state index in [9.17, 15) is 9.59 Å². The highest BCUT2D eigenvalue weighted by atomic mass is 16.5. The first kappa shape index (κ1) is 18.7. The molecule has 0 spiro atoms. The molecule has 1 aliphatic heterocycles. The van der Waals surface area contributed by atoms with E-state index in [1.54, 1.807) is 10.8 Å². The third-order valence-electron chi connectivity index (χ3n) is 5.53. The van der Waals surface area contributed by atoms with E-state index in [1.807, 2.05) is 42.8 Å². The van der Waals surface area contributed by atoms with Gasteiger partial charge in [-0.05, 0) is 13.0 Å². The minimum Gasteiger partial charge on any atom is -0.379 e. The lowest BCUT2D eigenvalue weighted by atomic mass is 10.1. The standard InChI is InChI=1S/C21H26N4O3/c1-3-25-14-16(20(26)22-8-9-24-10-12-28-13-11-24)18-15-6-4-5-7-17(15)23(2)19(18)21(25)27/h4-7,14H,3,8-13H2,1-2H3,(H,22,26). The van der Waals surface area contributed by atoms with Crippen molar-refractivity contribution in [2.75, 3.05) is 39.4 Å². The van der Waals surface area contributed by atoms with Crippen molar-refractivity contribution in [2.45, 2.75) is 13.5 Å². The molecule has 4 rings (SSSR count). The summed E-state index contributed by atoms with van der Waals surface area (Å²) in [7, 11) is 1.88. The van der Waals surface area contributed by atoms with Gasteiger partial charge in [0.25, 0.3) is 11.5 Å². The molecule has 0 bridgehead atoms. The van der Waals surface area contributed by atoms with Gasteiger partial charge in [0.05, 0.1) is 18.8 Å². The third-order valence-corrected chi connectivity index (χ3v) is 5.53. The number of benzene rings is 1. The molecule has 7 heteroatoms. The number of rotatable bonds is 5. The number of para-hydroxylation sites is 1. The zero-order valence-corrected chi connectivity index (χ0v) is 16.4. The van der Waals surface area contributed by atoms with Crippen molar-refractivity contribution >= 4 is 27.7 Å². The summed E-state index contributed by atoms with van der Waals surface area (Å²) in [4.78, 5) is 28.3. The SMILES string of the molecule is CCn1cc(C(=O)NCCN2CCOCC2)c2c3ccccc3n(C)c2c1=O. The Labute approximate surface area is 163 Å². The summed E-state index contributed by atoms with van der Waals surface area (Å²) in [5.74, 6) is -0.142. The summed E-state index contributed by atoms with van der Waals surface area (Å²) in [6.45, 7) is 7.06. The molecule has 0 unspecified atom stereocenters. The molecule has 1 N–H and O–H groups in total. The summed E-state index contributed by atoms with van der Waals surface area (Å²) in [6, 6.07) is 7.83. The number of nitrogens with zero attached hydrogens (tertiary/aromatic N) is 3. The molecular formula is C21H26N4O3. The van der Waals surface area contributed by atoms with Gasteiger partial charge < -0.3 is 19.2 Å². The highest BCUT2D eigenvalue weighted by molar-refractivity contribution is 6.17. The maximum absolute atomic E-state index is 13.1. The molecule has 1 fully saturated rings. The van der Waals surface area contributed by atoms with Gasteiger partial charge in [-0.15, -0.1) is 0 Å². The Morgan fingerprint density at radius 1 is 1.21 bits per heavy atom. The number of fused-ring (bicyclic) bond motifs is 3. The average Bonchev–Trinajstić information content (AvgIpc) is 3.03. The number of hydrogen-bond donors (Lipinski definition) is 1. The van der Waals surface area contributed by atoms with E-state index in [4.69, 9.17) is 4.74 Å². The van der Waals surface area contributed by atoms with Gasteiger partial charge in [0.1, 0.15) is 5.52 Å². The maximum atomic E-state index is 13.1. The number of morpholine rings is 1. The molecule has 2 aromatic heterocycles. The first-order valence-electron chi connectivity index (χ1n) is 9.80. The van der Waals surface area contributed by atoms with E-state index in [0.29, 0.717) is 24.2 Å². The Morgan fingerprint density at radius 2 is 1.96 bits per heavy atom. The molecule has 0 atom stereocenters. The molecule has 1 aromatic carbocycles. The topological polar surface area (TPSA) is 68.5 Å². The zero-order valence-electron chi connectivity index (χ0n) is 16.4. The van der Waals surface area contributed by atoms with Crippen molar-refractivity contribution in [3.05, 3.63) is 46.4 Å². The van der Waals surface area contributed by atoms with E-state index in [1.165, 1.54) is 0 Å². The first-order chi connectivity index (χ1) is 13.6. The number of pyridine rings is 1. The van der Waals surface area contributed by atoms with Crippen LogP contribution in [0.15, 0.2) is 35.3 Å². The van der Waals surface area contributed by atoms with Gasteiger partial charge in [-0.2, -0.15) is 0 Å². The maximum Gasteiger partial charge on any atom is 0.275 e. The van der Waals surface area contributed by atoms with E-state index in [0.717, 1.165) is 49.1 Å². The van der Waals surface area contributed by atoms with Gasteiger partial charge in [0.2, 0.25) is 0 Å². The van der Waals surface area contributed by atoms with Crippen molar-refractivity contribution in [3.63, 3.8) is 0 Å².